The smallest absolute Gasteiger partial charge is 0.253 e. The summed E-state index contributed by atoms with van der Waals surface area (Å²) in [5, 5.41) is 3.06. The number of anilines is 1. The lowest BCUT2D eigenvalue weighted by Gasteiger charge is -2.19. The Hall–Kier alpha value is -3.08. The van der Waals surface area contributed by atoms with Gasteiger partial charge in [-0.25, -0.2) is 0 Å². The van der Waals surface area contributed by atoms with E-state index in [-0.39, 0.29) is 5.91 Å². The van der Waals surface area contributed by atoms with Crippen LogP contribution in [0.15, 0.2) is 60.8 Å². The van der Waals surface area contributed by atoms with Gasteiger partial charge in [-0.05, 0) is 50.6 Å². The Morgan fingerprint density at radius 1 is 1.11 bits per heavy atom. The predicted molar refractivity (Wildman–Crippen MR) is 114 cm³/mol. The van der Waals surface area contributed by atoms with Gasteiger partial charge in [0.05, 0.1) is 17.8 Å². The zero-order valence-electron chi connectivity index (χ0n) is 16.9. The monoisotopic (exact) mass is 376 g/mol. The Bertz CT molecular complexity index is 903. The Morgan fingerprint density at radius 2 is 1.86 bits per heavy atom. The third-order valence-electron chi connectivity index (χ3n) is 5.02. The molecule has 2 aromatic heterocycles. The lowest BCUT2D eigenvalue weighted by Crippen LogP contribution is -2.28. The number of nitrogens with one attached hydrogen (secondary N) is 1. The maximum absolute atomic E-state index is 12.6. The summed E-state index contributed by atoms with van der Waals surface area (Å²) >= 11 is 0. The minimum atomic E-state index is -0.0114. The summed E-state index contributed by atoms with van der Waals surface area (Å²) in [5.41, 5.74) is 4.95. The van der Waals surface area contributed by atoms with Crippen LogP contribution in [0.1, 0.15) is 33.9 Å². The highest BCUT2D eigenvalue weighted by Gasteiger charge is 2.15. The number of aromatic nitrogens is 2. The van der Waals surface area contributed by atoms with Crippen molar-refractivity contribution in [3.8, 4) is 0 Å². The van der Waals surface area contributed by atoms with E-state index in [4.69, 9.17) is 0 Å². The van der Waals surface area contributed by atoms with Crippen LogP contribution < -0.4 is 10.2 Å². The Labute approximate surface area is 167 Å². The number of carbonyl (C=O) groups is 1. The Balaban J connectivity index is 1.54. The summed E-state index contributed by atoms with van der Waals surface area (Å²) in [6, 6.07) is 18.1. The molecule has 0 aliphatic carbocycles. The van der Waals surface area contributed by atoms with E-state index in [0.29, 0.717) is 13.1 Å². The van der Waals surface area contributed by atoms with Crippen molar-refractivity contribution in [3.63, 3.8) is 0 Å². The first-order valence-corrected chi connectivity index (χ1v) is 9.67. The summed E-state index contributed by atoms with van der Waals surface area (Å²) in [7, 11) is 2.07. The average Bonchev–Trinajstić information content (AvgIpc) is 3.00. The van der Waals surface area contributed by atoms with Gasteiger partial charge in [0.2, 0.25) is 0 Å². The first kappa shape index (κ1) is 19.7. The molecule has 0 saturated heterocycles. The number of nitrogens with zero attached hydrogens (tertiary/aromatic N) is 3. The van der Waals surface area contributed by atoms with E-state index in [1.807, 2.05) is 56.3 Å². The number of hydrogen-bond acceptors (Lipinski definition) is 3. The van der Waals surface area contributed by atoms with E-state index in [2.05, 4.69) is 38.9 Å². The molecule has 0 bridgehead atoms. The van der Waals surface area contributed by atoms with Crippen molar-refractivity contribution in [2.75, 3.05) is 25.0 Å². The van der Waals surface area contributed by atoms with Crippen molar-refractivity contribution in [3.05, 3.63) is 83.4 Å². The van der Waals surface area contributed by atoms with Gasteiger partial charge in [-0.3, -0.25) is 9.78 Å². The summed E-state index contributed by atoms with van der Waals surface area (Å²) in [4.78, 5) is 19.2. The van der Waals surface area contributed by atoms with Gasteiger partial charge >= 0.3 is 0 Å². The summed E-state index contributed by atoms with van der Waals surface area (Å²) < 4.78 is 2.14. The molecular weight excluding hydrogens is 348 g/mol. The summed E-state index contributed by atoms with van der Waals surface area (Å²) in [5.74, 6) is -0.0114. The quantitative estimate of drug-likeness (QED) is 0.608. The zero-order valence-corrected chi connectivity index (χ0v) is 16.9. The van der Waals surface area contributed by atoms with Crippen LogP contribution in [-0.2, 0) is 6.54 Å². The van der Waals surface area contributed by atoms with Gasteiger partial charge < -0.3 is 14.8 Å². The molecule has 2 heterocycles. The largest absolute Gasteiger partial charge is 0.375 e. The standard InChI is InChI=1S/C23H28N4O/c1-18-16-22(19(2)27(18)17-20-10-7-8-13-24-20)23(28)25-14-9-15-26(3)21-11-5-4-6-12-21/h4-8,10-13,16H,9,14-15,17H2,1-3H3,(H,25,28). The van der Waals surface area contributed by atoms with Crippen molar-refractivity contribution in [1.82, 2.24) is 14.9 Å². The number of benzene rings is 1. The second kappa shape index (κ2) is 9.22. The first-order chi connectivity index (χ1) is 13.6. The van der Waals surface area contributed by atoms with Crippen LogP contribution in [-0.4, -0.2) is 35.6 Å². The highest BCUT2D eigenvalue weighted by Crippen LogP contribution is 2.17. The second-order valence-corrected chi connectivity index (χ2v) is 7.06. The molecule has 0 aliphatic rings. The van der Waals surface area contributed by atoms with Gasteiger partial charge in [-0.2, -0.15) is 0 Å². The molecule has 1 amide bonds. The molecule has 28 heavy (non-hydrogen) atoms. The summed E-state index contributed by atoms with van der Waals surface area (Å²) in [6.45, 7) is 6.24. The minimum absolute atomic E-state index is 0.0114. The molecule has 1 aromatic carbocycles. The normalized spacial score (nSPS) is 10.7. The molecular formula is C23H28N4O. The van der Waals surface area contributed by atoms with E-state index in [0.717, 1.165) is 35.6 Å². The molecule has 146 valence electrons. The maximum Gasteiger partial charge on any atom is 0.253 e. The number of aryl methyl sites for hydroxylation is 1. The van der Waals surface area contributed by atoms with Gasteiger partial charge in [0, 0.05) is 43.4 Å². The SMILES string of the molecule is Cc1cc(C(=O)NCCCN(C)c2ccccc2)c(C)n1Cc1ccccn1. The molecule has 3 aromatic rings. The predicted octanol–water partition coefficient (Wildman–Crippen LogP) is 3.80. The van der Waals surface area contributed by atoms with Crippen molar-refractivity contribution < 1.29 is 4.79 Å². The lowest BCUT2D eigenvalue weighted by molar-refractivity contribution is 0.0952. The first-order valence-electron chi connectivity index (χ1n) is 9.67. The van der Waals surface area contributed by atoms with Gasteiger partial charge in [0.1, 0.15) is 0 Å². The van der Waals surface area contributed by atoms with Gasteiger partial charge in [0.15, 0.2) is 0 Å². The van der Waals surface area contributed by atoms with Gasteiger partial charge in [-0.1, -0.05) is 24.3 Å². The lowest BCUT2D eigenvalue weighted by atomic mass is 10.2. The number of amides is 1. The molecule has 0 spiro atoms. The van der Waals surface area contributed by atoms with E-state index < -0.39 is 0 Å². The van der Waals surface area contributed by atoms with Crippen LogP contribution in [0.25, 0.3) is 0 Å². The average molecular weight is 377 g/mol. The van der Waals surface area contributed by atoms with Gasteiger partial charge in [0.25, 0.3) is 5.91 Å². The van der Waals surface area contributed by atoms with E-state index >= 15 is 0 Å². The zero-order chi connectivity index (χ0) is 19.9. The topological polar surface area (TPSA) is 50.2 Å². The molecule has 0 fully saturated rings. The molecule has 0 unspecified atom stereocenters. The fourth-order valence-corrected chi connectivity index (χ4v) is 3.35. The Kier molecular flexibility index (Phi) is 6.48. The highest BCUT2D eigenvalue weighted by atomic mass is 16.1. The fourth-order valence-electron chi connectivity index (χ4n) is 3.35. The van der Waals surface area contributed by atoms with Crippen molar-refractivity contribution in [1.29, 1.82) is 0 Å². The van der Waals surface area contributed by atoms with Gasteiger partial charge in [-0.15, -0.1) is 0 Å². The number of pyridine rings is 1. The van der Waals surface area contributed by atoms with Crippen molar-refractivity contribution >= 4 is 11.6 Å². The van der Waals surface area contributed by atoms with Crippen LogP contribution in [0.2, 0.25) is 0 Å². The number of para-hydroxylation sites is 1. The Morgan fingerprint density at radius 3 is 2.57 bits per heavy atom. The van der Waals surface area contributed by atoms with Crippen molar-refractivity contribution in [2.45, 2.75) is 26.8 Å². The molecule has 5 heteroatoms. The van der Waals surface area contributed by atoms with E-state index in [1.54, 1.807) is 6.20 Å². The minimum Gasteiger partial charge on any atom is -0.375 e. The van der Waals surface area contributed by atoms with Crippen LogP contribution in [0.4, 0.5) is 5.69 Å². The molecule has 0 saturated carbocycles. The fraction of sp³-hybridized carbons (Fsp3) is 0.304. The van der Waals surface area contributed by atoms with Crippen LogP contribution >= 0.6 is 0 Å². The van der Waals surface area contributed by atoms with Crippen LogP contribution in [0.3, 0.4) is 0 Å². The maximum atomic E-state index is 12.6. The third-order valence-corrected chi connectivity index (χ3v) is 5.02. The number of hydrogen-bond donors (Lipinski definition) is 1. The molecule has 0 aliphatic heterocycles. The number of rotatable bonds is 8. The van der Waals surface area contributed by atoms with E-state index in [1.165, 1.54) is 5.69 Å². The second-order valence-electron chi connectivity index (χ2n) is 7.06. The number of carbonyl (C=O) groups excluding carboxylic acids is 1. The molecule has 1 N–H and O–H groups in total. The molecule has 5 nitrogen and oxygen atoms in total. The van der Waals surface area contributed by atoms with Crippen molar-refractivity contribution in [2.24, 2.45) is 0 Å². The third kappa shape index (κ3) is 4.80. The van der Waals surface area contributed by atoms with Crippen LogP contribution in [0.5, 0.6) is 0 Å². The molecule has 3 rings (SSSR count). The summed E-state index contributed by atoms with van der Waals surface area (Å²) in [6.07, 6.45) is 2.69. The highest BCUT2D eigenvalue weighted by molar-refractivity contribution is 5.95. The molecule has 0 atom stereocenters. The van der Waals surface area contributed by atoms with E-state index in [9.17, 15) is 4.79 Å². The molecule has 0 radical (unpaired) electrons. The van der Waals surface area contributed by atoms with Crippen LogP contribution in [0, 0.1) is 13.8 Å².